The van der Waals surface area contributed by atoms with Crippen molar-refractivity contribution in [3.05, 3.63) is 52.8 Å². The van der Waals surface area contributed by atoms with Crippen LogP contribution in [-0.2, 0) is 0 Å². The number of ether oxygens (including phenoxy) is 1. The summed E-state index contributed by atoms with van der Waals surface area (Å²) in [6, 6.07) is 12.4. The molecule has 2 aromatic carbocycles. The van der Waals surface area contributed by atoms with Gasteiger partial charge in [-0.15, -0.1) is 0 Å². The van der Waals surface area contributed by atoms with Crippen molar-refractivity contribution < 1.29 is 9.13 Å². The molecule has 16 heavy (non-hydrogen) atoms. The smallest absolute Gasteiger partial charge is 0.132 e. The molecule has 82 valence electrons. The first-order valence-electron chi connectivity index (χ1n) is 4.80. The molecule has 2 rings (SSSR count). The van der Waals surface area contributed by atoms with Crippen LogP contribution in [-0.4, -0.2) is 7.11 Å². The van der Waals surface area contributed by atoms with Gasteiger partial charge in [0.05, 0.1) is 7.11 Å². The zero-order valence-corrected chi connectivity index (χ0v) is 10.3. The van der Waals surface area contributed by atoms with Crippen LogP contribution in [0.15, 0.2) is 46.9 Å². The third-order valence-electron chi connectivity index (χ3n) is 2.31. The Morgan fingerprint density at radius 3 is 2.62 bits per heavy atom. The summed E-state index contributed by atoms with van der Waals surface area (Å²) in [4.78, 5) is 0. The highest BCUT2D eigenvalue weighted by molar-refractivity contribution is 9.10. The van der Waals surface area contributed by atoms with Gasteiger partial charge < -0.3 is 4.74 Å². The molecule has 2 aromatic rings. The van der Waals surface area contributed by atoms with Crippen molar-refractivity contribution in [3.63, 3.8) is 0 Å². The summed E-state index contributed by atoms with van der Waals surface area (Å²) in [5.74, 6) is 0.474. The van der Waals surface area contributed by atoms with E-state index in [2.05, 4.69) is 15.9 Å². The number of halogens is 2. The average Bonchev–Trinajstić information content (AvgIpc) is 2.29. The number of methoxy groups -OCH3 is 1. The van der Waals surface area contributed by atoms with Crippen LogP contribution >= 0.6 is 15.9 Å². The average molecular weight is 281 g/mol. The maximum atomic E-state index is 13.7. The molecule has 0 radical (unpaired) electrons. The molecular formula is C13H10BrFO. The molecule has 0 spiro atoms. The van der Waals surface area contributed by atoms with E-state index < -0.39 is 0 Å². The summed E-state index contributed by atoms with van der Waals surface area (Å²) < 4.78 is 19.5. The zero-order chi connectivity index (χ0) is 11.5. The van der Waals surface area contributed by atoms with Gasteiger partial charge in [0.15, 0.2) is 0 Å². The van der Waals surface area contributed by atoms with Gasteiger partial charge in [0.1, 0.15) is 11.6 Å². The zero-order valence-electron chi connectivity index (χ0n) is 8.71. The van der Waals surface area contributed by atoms with Gasteiger partial charge in [-0.05, 0) is 29.8 Å². The molecule has 0 aliphatic heterocycles. The minimum absolute atomic E-state index is 0.248. The summed E-state index contributed by atoms with van der Waals surface area (Å²) in [7, 11) is 1.59. The van der Waals surface area contributed by atoms with Crippen molar-refractivity contribution >= 4 is 15.9 Å². The summed E-state index contributed by atoms with van der Waals surface area (Å²) in [6.07, 6.45) is 0. The topological polar surface area (TPSA) is 9.23 Å². The van der Waals surface area contributed by atoms with Crippen LogP contribution in [0.2, 0.25) is 0 Å². The van der Waals surface area contributed by atoms with Crippen molar-refractivity contribution in [1.29, 1.82) is 0 Å². The maximum absolute atomic E-state index is 13.7. The second-order valence-corrected chi connectivity index (χ2v) is 4.27. The van der Waals surface area contributed by atoms with E-state index in [0.717, 1.165) is 15.8 Å². The monoisotopic (exact) mass is 280 g/mol. The van der Waals surface area contributed by atoms with Crippen molar-refractivity contribution in [2.45, 2.75) is 0 Å². The van der Waals surface area contributed by atoms with Gasteiger partial charge in [-0.3, -0.25) is 0 Å². The van der Waals surface area contributed by atoms with E-state index in [-0.39, 0.29) is 5.82 Å². The van der Waals surface area contributed by atoms with Crippen LogP contribution < -0.4 is 4.74 Å². The van der Waals surface area contributed by atoms with Gasteiger partial charge in [0.25, 0.3) is 0 Å². The van der Waals surface area contributed by atoms with Gasteiger partial charge in [-0.1, -0.05) is 34.1 Å². The quantitative estimate of drug-likeness (QED) is 0.799. The Labute approximate surface area is 102 Å². The normalized spacial score (nSPS) is 10.2. The van der Waals surface area contributed by atoms with E-state index in [9.17, 15) is 4.39 Å². The van der Waals surface area contributed by atoms with Crippen molar-refractivity contribution in [2.75, 3.05) is 7.11 Å². The Morgan fingerprint density at radius 1 is 1.12 bits per heavy atom. The molecule has 0 aliphatic carbocycles. The number of hydrogen-bond acceptors (Lipinski definition) is 1. The van der Waals surface area contributed by atoms with E-state index in [1.54, 1.807) is 13.2 Å². The van der Waals surface area contributed by atoms with Gasteiger partial charge >= 0.3 is 0 Å². The van der Waals surface area contributed by atoms with Crippen LogP contribution in [0.25, 0.3) is 11.1 Å². The molecule has 0 unspecified atom stereocenters. The second-order valence-electron chi connectivity index (χ2n) is 3.36. The van der Waals surface area contributed by atoms with E-state index in [4.69, 9.17) is 4.74 Å². The second kappa shape index (κ2) is 4.66. The van der Waals surface area contributed by atoms with Crippen molar-refractivity contribution in [2.24, 2.45) is 0 Å². The summed E-state index contributed by atoms with van der Waals surface area (Å²) >= 11 is 3.23. The fourth-order valence-corrected chi connectivity index (χ4v) is 1.85. The van der Waals surface area contributed by atoms with Crippen molar-refractivity contribution in [1.82, 2.24) is 0 Å². The van der Waals surface area contributed by atoms with Crippen LogP contribution in [0.4, 0.5) is 4.39 Å². The summed E-state index contributed by atoms with van der Waals surface area (Å²) in [6.45, 7) is 0. The van der Waals surface area contributed by atoms with Crippen LogP contribution in [0.3, 0.4) is 0 Å². The van der Waals surface area contributed by atoms with Crippen LogP contribution in [0.1, 0.15) is 0 Å². The van der Waals surface area contributed by atoms with Gasteiger partial charge in [-0.25, -0.2) is 4.39 Å². The summed E-state index contributed by atoms with van der Waals surface area (Å²) in [5, 5.41) is 0. The Balaban J connectivity index is 2.49. The molecule has 0 bridgehead atoms. The first-order valence-corrected chi connectivity index (χ1v) is 5.59. The predicted octanol–water partition coefficient (Wildman–Crippen LogP) is 4.26. The minimum atomic E-state index is -0.248. The largest absolute Gasteiger partial charge is 0.497 e. The lowest BCUT2D eigenvalue weighted by atomic mass is 10.1. The first-order chi connectivity index (χ1) is 7.70. The van der Waals surface area contributed by atoms with Gasteiger partial charge in [0, 0.05) is 10.0 Å². The van der Waals surface area contributed by atoms with Gasteiger partial charge in [-0.2, -0.15) is 0 Å². The molecule has 0 atom stereocenters. The van der Waals surface area contributed by atoms with Crippen molar-refractivity contribution in [3.8, 4) is 16.9 Å². The SMILES string of the molecule is COc1cccc(-c2ccc(Br)cc2F)c1. The lowest BCUT2D eigenvalue weighted by molar-refractivity contribution is 0.415. The highest BCUT2D eigenvalue weighted by Gasteiger charge is 2.06. The predicted molar refractivity (Wildman–Crippen MR) is 66.1 cm³/mol. The Morgan fingerprint density at radius 2 is 1.94 bits per heavy atom. The summed E-state index contributed by atoms with van der Waals surface area (Å²) in [5.41, 5.74) is 1.38. The Bertz CT molecular complexity index is 511. The fraction of sp³-hybridized carbons (Fsp3) is 0.0769. The third-order valence-corrected chi connectivity index (χ3v) is 2.81. The molecule has 1 nitrogen and oxygen atoms in total. The Hall–Kier alpha value is -1.35. The maximum Gasteiger partial charge on any atom is 0.132 e. The molecule has 0 heterocycles. The van der Waals surface area contributed by atoms with E-state index in [1.165, 1.54) is 6.07 Å². The molecule has 0 amide bonds. The molecule has 0 aliphatic rings. The highest BCUT2D eigenvalue weighted by atomic mass is 79.9. The lowest BCUT2D eigenvalue weighted by Gasteiger charge is -2.06. The van der Waals surface area contributed by atoms with Gasteiger partial charge in [0.2, 0.25) is 0 Å². The standard InChI is InChI=1S/C13H10BrFO/c1-16-11-4-2-3-9(7-11)12-6-5-10(14)8-13(12)15/h2-8H,1H3. The molecular weight excluding hydrogens is 271 g/mol. The van der Waals surface area contributed by atoms with Crippen LogP contribution in [0.5, 0.6) is 5.75 Å². The van der Waals surface area contributed by atoms with E-state index >= 15 is 0 Å². The fourth-order valence-electron chi connectivity index (χ4n) is 1.51. The molecule has 0 N–H and O–H groups in total. The number of hydrogen-bond donors (Lipinski definition) is 0. The highest BCUT2D eigenvalue weighted by Crippen LogP contribution is 2.27. The van der Waals surface area contributed by atoms with Crippen LogP contribution in [0, 0.1) is 5.82 Å². The number of benzene rings is 2. The van der Waals surface area contributed by atoms with E-state index in [1.807, 2.05) is 30.3 Å². The Kier molecular flexibility index (Phi) is 3.25. The number of rotatable bonds is 2. The molecule has 0 fully saturated rings. The minimum Gasteiger partial charge on any atom is -0.497 e. The molecule has 0 saturated heterocycles. The first kappa shape index (κ1) is 11.1. The molecule has 0 aromatic heterocycles. The molecule has 3 heteroatoms. The van der Waals surface area contributed by atoms with E-state index in [0.29, 0.717) is 5.56 Å². The molecule has 0 saturated carbocycles. The third kappa shape index (κ3) is 2.25. The lowest BCUT2D eigenvalue weighted by Crippen LogP contribution is -1.86.